The number of benzene rings is 1. The van der Waals surface area contributed by atoms with E-state index in [-0.39, 0.29) is 5.69 Å². The summed E-state index contributed by atoms with van der Waals surface area (Å²) in [5.41, 5.74) is 0.801. The van der Waals surface area contributed by atoms with E-state index in [1.54, 1.807) is 23.0 Å². The predicted molar refractivity (Wildman–Crippen MR) is 73.1 cm³/mol. The van der Waals surface area contributed by atoms with Gasteiger partial charge in [0.05, 0.1) is 4.92 Å². The Morgan fingerprint density at radius 1 is 1.40 bits per heavy atom. The van der Waals surface area contributed by atoms with Crippen LogP contribution in [-0.2, 0) is 6.54 Å². The van der Waals surface area contributed by atoms with Gasteiger partial charge in [-0.05, 0) is 34.5 Å². The number of nitro benzene ring substituents is 1. The molecule has 1 heterocycles. The number of tetrazole rings is 1. The SMILES string of the molecule is CCCCn1nnnc1N=Cc1ccc([N+](=O)[O-])cc1. The molecule has 0 N–H and O–H groups in total. The summed E-state index contributed by atoms with van der Waals surface area (Å²) in [6.45, 7) is 2.81. The maximum atomic E-state index is 10.5. The van der Waals surface area contributed by atoms with E-state index in [0.717, 1.165) is 24.9 Å². The Bertz CT molecular complexity index is 605. The zero-order valence-electron chi connectivity index (χ0n) is 11.0. The maximum absolute atomic E-state index is 10.5. The van der Waals surface area contributed by atoms with Crippen molar-refractivity contribution in [3.8, 4) is 0 Å². The molecule has 8 nitrogen and oxygen atoms in total. The summed E-state index contributed by atoms with van der Waals surface area (Å²) in [6.07, 6.45) is 3.61. The summed E-state index contributed by atoms with van der Waals surface area (Å²) < 4.78 is 1.63. The highest BCUT2D eigenvalue weighted by molar-refractivity contribution is 5.81. The standard InChI is InChI=1S/C12H14N6O2/c1-2-3-8-17-12(14-15-16-17)13-9-10-4-6-11(7-5-10)18(19)20/h4-7,9H,2-3,8H2,1H3. The van der Waals surface area contributed by atoms with Crippen LogP contribution >= 0.6 is 0 Å². The molecule has 0 aliphatic rings. The van der Waals surface area contributed by atoms with Crippen LogP contribution in [0.2, 0.25) is 0 Å². The Kier molecular flexibility index (Phi) is 4.48. The fourth-order valence-corrected chi connectivity index (χ4v) is 1.56. The Morgan fingerprint density at radius 2 is 2.15 bits per heavy atom. The van der Waals surface area contributed by atoms with Crippen LogP contribution in [-0.4, -0.2) is 31.3 Å². The highest BCUT2D eigenvalue weighted by Gasteiger charge is 2.04. The largest absolute Gasteiger partial charge is 0.269 e. The van der Waals surface area contributed by atoms with Crippen LogP contribution in [0.4, 0.5) is 11.6 Å². The molecule has 0 spiro atoms. The van der Waals surface area contributed by atoms with Crippen molar-refractivity contribution in [3.63, 3.8) is 0 Å². The summed E-state index contributed by atoms with van der Waals surface area (Å²) in [6, 6.07) is 6.12. The zero-order chi connectivity index (χ0) is 14.4. The molecule has 0 saturated heterocycles. The molecule has 20 heavy (non-hydrogen) atoms. The lowest BCUT2D eigenvalue weighted by Crippen LogP contribution is -1.99. The number of hydrogen-bond donors (Lipinski definition) is 0. The normalized spacial score (nSPS) is 11.1. The number of nitro groups is 1. The Morgan fingerprint density at radius 3 is 2.80 bits per heavy atom. The topological polar surface area (TPSA) is 99.1 Å². The molecule has 0 atom stereocenters. The molecule has 0 radical (unpaired) electrons. The fourth-order valence-electron chi connectivity index (χ4n) is 1.56. The monoisotopic (exact) mass is 274 g/mol. The number of rotatable bonds is 6. The lowest BCUT2D eigenvalue weighted by molar-refractivity contribution is -0.384. The van der Waals surface area contributed by atoms with Gasteiger partial charge in [-0.15, -0.1) is 0 Å². The molecule has 0 bridgehead atoms. The van der Waals surface area contributed by atoms with Crippen molar-refractivity contribution in [2.75, 3.05) is 0 Å². The van der Waals surface area contributed by atoms with Crippen LogP contribution < -0.4 is 0 Å². The van der Waals surface area contributed by atoms with Gasteiger partial charge >= 0.3 is 0 Å². The van der Waals surface area contributed by atoms with Crippen LogP contribution in [0.1, 0.15) is 25.3 Å². The van der Waals surface area contributed by atoms with Crippen molar-refractivity contribution in [1.29, 1.82) is 0 Å². The third kappa shape index (κ3) is 3.44. The van der Waals surface area contributed by atoms with Crippen LogP contribution in [0.15, 0.2) is 29.3 Å². The number of aliphatic imine (C=N–C) groups is 1. The first-order valence-electron chi connectivity index (χ1n) is 6.25. The van der Waals surface area contributed by atoms with Gasteiger partial charge < -0.3 is 0 Å². The summed E-state index contributed by atoms with van der Waals surface area (Å²) in [5, 5.41) is 21.8. The molecule has 1 aromatic carbocycles. The second-order valence-corrected chi connectivity index (χ2v) is 4.16. The number of unbranched alkanes of at least 4 members (excludes halogenated alkanes) is 1. The van der Waals surface area contributed by atoms with Gasteiger partial charge in [0.2, 0.25) is 0 Å². The number of non-ortho nitro benzene ring substituents is 1. The number of hydrogen-bond acceptors (Lipinski definition) is 6. The molecule has 0 fully saturated rings. The molecule has 2 aromatic rings. The van der Waals surface area contributed by atoms with Gasteiger partial charge in [0, 0.05) is 24.9 Å². The molecule has 104 valence electrons. The minimum absolute atomic E-state index is 0.0509. The number of aromatic nitrogens is 4. The average Bonchev–Trinajstić information content (AvgIpc) is 2.90. The van der Waals surface area contributed by atoms with Crippen LogP contribution in [0.25, 0.3) is 0 Å². The zero-order valence-corrected chi connectivity index (χ0v) is 11.0. The van der Waals surface area contributed by atoms with E-state index < -0.39 is 4.92 Å². The van der Waals surface area contributed by atoms with Gasteiger partial charge in [0.25, 0.3) is 11.6 Å². The predicted octanol–water partition coefficient (Wildman–Crippen LogP) is 2.13. The average molecular weight is 274 g/mol. The summed E-state index contributed by atoms with van der Waals surface area (Å²) in [7, 11) is 0. The first-order valence-corrected chi connectivity index (χ1v) is 6.25. The summed E-state index contributed by atoms with van der Waals surface area (Å²) in [4.78, 5) is 14.3. The van der Waals surface area contributed by atoms with Crippen molar-refractivity contribution in [3.05, 3.63) is 39.9 Å². The molecule has 1 aromatic heterocycles. The van der Waals surface area contributed by atoms with E-state index in [9.17, 15) is 10.1 Å². The van der Waals surface area contributed by atoms with Crippen molar-refractivity contribution in [1.82, 2.24) is 20.2 Å². The van der Waals surface area contributed by atoms with Crippen LogP contribution in [0.5, 0.6) is 0 Å². The fraction of sp³-hybridized carbons (Fsp3) is 0.333. The van der Waals surface area contributed by atoms with Crippen LogP contribution in [0.3, 0.4) is 0 Å². The molecule has 0 amide bonds. The number of aryl methyl sites for hydroxylation is 1. The van der Waals surface area contributed by atoms with Crippen molar-refractivity contribution in [2.45, 2.75) is 26.3 Å². The molecule has 2 rings (SSSR count). The van der Waals surface area contributed by atoms with E-state index in [1.807, 2.05) is 0 Å². The minimum atomic E-state index is -0.438. The van der Waals surface area contributed by atoms with Gasteiger partial charge in [0.1, 0.15) is 0 Å². The number of nitrogens with zero attached hydrogens (tertiary/aromatic N) is 6. The summed E-state index contributed by atoms with van der Waals surface area (Å²) in [5.74, 6) is 0.428. The first kappa shape index (κ1) is 13.8. The first-order chi connectivity index (χ1) is 9.70. The van der Waals surface area contributed by atoms with Crippen LogP contribution in [0, 0.1) is 10.1 Å². The maximum Gasteiger partial charge on any atom is 0.269 e. The third-order valence-corrected chi connectivity index (χ3v) is 2.67. The Labute approximate surface area is 115 Å². The molecule has 0 aliphatic carbocycles. The molecule has 8 heteroatoms. The molecule has 0 saturated carbocycles. The second-order valence-electron chi connectivity index (χ2n) is 4.16. The Hall–Kier alpha value is -2.64. The molecule has 0 unspecified atom stereocenters. The van der Waals surface area contributed by atoms with E-state index in [0.29, 0.717) is 5.95 Å². The lowest BCUT2D eigenvalue weighted by atomic mass is 10.2. The van der Waals surface area contributed by atoms with E-state index >= 15 is 0 Å². The highest BCUT2D eigenvalue weighted by atomic mass is 16.6. The van der Waals surface area contributed by atoms with Gasteiger partial charge in [-0.25, -0.2) is 9.67 Å². The molecule has 0 aliphatic heterocycles. The van der Waals surface area contributed by atoms with E-state index in [2.05, 4.69) is 27.4 Å². The highest BCUT2D eigenvalue weighted by Crippen LogP contribution is 2.12. The van der Waals surface area contributed by atoms with Gasteiger partial charge in [-0.3, -0.25) is 10.1 Å². The van der Waals surface area contributed by atoms with E-state index in [4.69, 9.17) is 0 Å². The van der Waals surface area contributed by atoms with Gasteiger partial charge in [-0.1, -0.05) is 18.4 Å². The van der Waals surface area contributed by atoms with Crippen molar-refractivity contribution >= 4 is 17.9 Å². The Balaban J connectivity index is 2.09. The molecular formula is C12H14N6O2. The van der Waals surface area contributed by atoms with Gasteiger partial charge in [0.15, 0.2) is 0 Å². The van der Waals surface area contributed by atoms with Crippen molar-refractivity contribution in [2.24, 2.45) is 4.99 Å². The second kappa shape index (κ2) is 6.50. The van der Waals surface area contributed by atoms with Gasteiger partial charge in [-0.2, -0.15) is 0 Å². The minimum Gasteiger partial charge on any atom is -0.258 e. The quantitative estimate of drug-likeness (QED) is 0.456. The third-order valence-electron chi connectivity index (χ3n) is 2.67. The van der Waals surface area contributed by atoms with Crippen molar-refractivity contribution < 1.29 is 4.92 Å². The van der Waals surface area contributed by atoms with E-state index in [1.165, 1.54) is 12.1 Å². The molecular weight excluding hydrogens is 260 g/mol. The summed E-state index contributed by atoms with van der Waals surface area (Å²) >= 11 is 0. The lowest BCUT2D eigenvalue weighted by Gasteiger charge is -1.98. The smallest absolute Gasteiger partial charge is 0.258 e.